The van der Waals surface area contributed by atoms with Crippen LogP contribution in [0.1, 0.15) is 45.4 Å². The van der Waals surface area contributed by atoms with Gasteiger partial charge in [-0.3, -0.25) is 9.59 Å². The van der Waals surface area contributed by atoms with Gasteiger partial charge in [-0.25, -0.2) is 0 Å². The van der Waals surface area contributed by atoms with Crippen LogP contribution in [-0.4, -0.2) is 29.6 Å². The molecular formula is C12H22N2O3. The Balaban J connectivity index is 2.48. The van der Waals surface area contributed by atoms with Crippen molar-refractivity contribution in [3.05, 3.63) is 0 Å². The SMILES string of the molecule is CCC[C@@H](N)C(=O)NCC1(C(=O)O)CCCC1. The van der Waals surface area contributed by atoms with Gasteiger partial charge in [0.15, 0.2) is 0 Å². The number of hydrogen-bond donors (Lipinski definition) is 3. The van der Waals surface area contributed by atoms with Gasteiger partial charge >= 0.3 is 5.97 Å². The topological polar surface area (TPSA) is 92.4 Å². The van der Waals surface area contributed by atoms with Gasteiger partial charge in [-0.15, -0.1) is 0 Å². The third-order valence-electron chi connectivity index (χ3n) is 3.55. The maximum atomic E-state index is 11.6. The molecule has 5 heteroatoms. The van der Waals surface area contributed by atoms with Crippen LogP contribution in [-0.2, 0) is 9.59 Å². The zero-order valence-electron chi connectivity index (χ0n) is 10.4. The van der Waals surface area contributed by atoms with E-state index in [-0.39, 0.29) is 12.5 Å². The van der Waals surface area contributed by atoms with Crippen molar-refractivity contribution in [2.75, 3.05) is 6.54 Å². The summed E-state index contributed by atoms with van der Waals surface area (Å²) in [4.78, 5) is 22.9. The van der Waals surface area contributed by atoms with E-state index >= 15 is 0 Å². The van der Waals surface area contributed by atoms with Crippen LogP contribution in [0.25, 0.3) is 0 Å². The molecule has 1 saturated carbocycles. The summed E-state index contributed by atoms with van der Waals surface area (Å²) < 4.78 is 0. The Bertz CT molecular complexity index is 285. The smallest absolute Gasteiger partial charge is 0.311 e. The molecule has 0 saturated heterocycles. The van der Waals surface area contributed by atoms with Crippen molar-refractivity contribution in [3.63, 3.8) is 0 Å². The first-order valence-electron chi connectivity index (χ1n) is 6.28. The molecule has 1 fully saturated rings. The number of carboxylic acid groups (broad SMARTS) is 1. The van der Waals surface area contributed by atoms with Gasteiger partial charge in [-0.1, -0.05) is 26.2 Å². The number of carbonyl (C=O) groups excluding carboxylic acids is 1. The van der Waals surface area contributed by atoms with Gasteiger partial charge in [0.05, 0.1) is 11.5 Å². The lowest BCUT2D eigenvalue weighted by Gasteiger charge is -2.24. The first-order valence-corrected chi connectivity index (χ1v) is 6.28. The molecule has 0 spiro atoms. The minimum Gasteiger partial charge on any atom is -0.481 e. The lowest BCUT2D eigenvalue weighted by atomic mass is 9.86. The summed E-state index contributed by atoms with van der Waals surface area (Å²) in [6.07, 6.45) is 4.61. The molecule has 1 rings (SSSR count). The molecule has 0 aromatic rings. The van der Waals surface area contributed by atoms with Crippen molar-refractivity contribution in [3.8, 4) is 0 Å². The second-order valence-electron chi connectivity index (χ2n) is 4.91. The Kier molecular flexibility index (Phi) is 4.93. The number of rotatable bonds is 6. The van der Waals surface area contributed by atoms with Gasteiger partial charge in [0.1, 0.15) is 0 Å². The Morgan fingerprint density at radius 2 is 2.00 bits per heavy atom. The van der Waals surface area contributed by atoms with Crippen LogP contribution >= 0.6 is 0 Å². The Morgan fingerprint density at radius 3 is 2.47 bits per heavy atom. The molecule has 17 heavy (non-hydrogen) atoms. The first kappa shape index (κ1) is 14.0. The summed E-state index contributed by atoms with van der Waals surface area (Å²) in [5.74, 6) is -1.04. The molecule has 0 radical (unpaired) electrons. The van der Waals surface area contributed by atoms with Gasteiger partial charge in [0, 0.05) is 6.54 Å². The predicted molar refractivity (Wildman–Crippen MR) is 64.4 cm³/mol. The average molecular weight is 242 g/mol. The number of nitrogens with two attached hydrogens (primary N) is 1. The largest absolute Gasteiger partial charge is 0.481 e. The van der Waals surface area contributed by atoms with Crippen molar-refractivity contribution in [1.29, 1.82) is 0 Å². The highest BCUT2D eigenvalue weighted by atomic mass is 16.4. The highest BCUT2D eigenvalue weighted by Gasteiger charge is 2.41. The molecule has 0 unspecified atom stereocenters. The highest BCUT2D eigenvalue weighted by molar-refractivity contribution is 5.82. The number of amides is 1. The van der Waals surface area contributed by atoms with Crippen molar-refractivity contribution in [2.24, 2.45) is 11.1 Å². The fraction of sp³-hybridized carbons (Fsp3) is 0.833. The van der Waals surface area contributed by atoms with Crippen molar-refractivity contribution in [1.82, 2.24) is 5.32 Å². The minimum atomic E-state index is -0.806. The third-order valence-corrected chi connectivity index (χ3v) is 3.55. The van der Waals surface area contributed by atoms with Gasteiger partial charge in [-0.2, -0.15) is 0 Å². The minimum absolute atomic E-state index is 0.207. The molecule has 4 N–H and O–H groups in total. The summed E-state index contributed by atoms with van der Waals surface area (Å²) in [5, 5.41) is 11.9. The highest BCUT2D eigenvalue weighted by Crippen LogP contribution is 2.37. The van der Waals surface area contributed by atoms with E-state index in [2.05, 4.69) is 5.32 Å². The van der Waals surface area contributed by atoms with Gasteiger partial charge < -0.3 is 16.2 Å². The van der Waals surface area contributed by atoms with Crippen molar-refractivity contribution >= 4 is 11.9 Å². The standard InChI is InChI=1S/C12H22N2O3/c1-2-5-9(13)10(15)14-8-12(11(16)17)6-3-4-7-12/h9H,2-8,13H2,1H3,(H,14,15)(H,16,17)/t9-/m1/s1. The van der Waals surface area contributed by atoms with E-state index in [0.717, 1.165) is 19.3 Å². The molecule has 1 aliphatic rings. The summed E-state index contributed by atoms with van der Waals surface area (Å²) >= 11 is 0. The normalized spacial score (nSPS) is 19.9. The van der Waals surface area contributed by atoms with Crippen LogP contribution in [0.15, 0.2) is 0 Å². The fourth-order valence-electron chi connectivity index (χ4n) is 2.35. The first-order chi connectivity index (χ1) is 8.02. The van der Waals surface area contributed by atoms with E-state index in [1.807, 2.05) is 6.92 Å². The maximum absolute atomic E-state index is 11.6. The Labute approximate surface area is 102 Å². The van der Waals surface area contributed by atoms with Crippen LogP contribution in [0.2, 0.25) is 0 Å². The van der Waals surface area contributed by atoms with Crippen LogP contribution in [0.4, 0.5) is 0 Å². The van der Waals surface area contributed by atoms with Crippen molar-refractivity contribution in [2.45, 2.75) is 51.5 Å². The Hall–Kier alpha value is -1.10. The van der Waals surface area contributed by atoms with E-state index in [4.69, 9.17) is 5.73 Å². The average Bonchev–Trinajstić information content (AvgIpc) is 2.76. The van der Waals surface area contributed by atoms with Crippen LogP contribution < -0.4 is 11.1 Å². The number of carboxylic acids is 1. The summed E-state index contributed by atoms with van der Waals surface area (Å²) in [6, 6.07) is -0.521. The zero-order chi connectivity index (χ0) is 12.9. The van der Waals surface area contributed by atoms with Gasteiger partial charge in [-0.05, 0) is 19.3 Å². The summed E-state index contributed by atoms with van der Waals surface area (Å²) in [7, 11) is 0. The maximum Gasteiger partial charge on any atom is 0.311 e. The monoisotopic (exact) mass is 242 g/mol. The van der Waals surface area contributed by atoms with E-state index < -0.39 is 17.4 Å². The van der Waals surface area contributed by atoms with E-state index in [0.29, 0.717) is 19.3 Å². The van der Waals surface area contributed by atoms with Gasteiger partial charge in [0.2, 0.25) is 5.91 Å². The van der Waals surface area contributed by atoms with Crippen molar-refractivity contribution < 1.29 is 14.7 Å². The van der Waals surface area contributed by atoms with E-state index in [1.54, 1.807) is 0 Å². The lowest BCUT2D eigenvalue weighted by molar-refractivity contribution is -0.148. The van der Waals surface area contributed by atoms with Gasteiger partial charge in [0.25, 0.3) is 0 Å². The molecule has 1 atom stereocenters. The number of aliphatic carboxylic acids is 1. The molecule has 0 aromatic carbocycles. The fourth-order valence-corrected chi connectivity index (χ4v) is 2.35. The molecule has 1 amide bonds. The third kappa shape index (κ3) is 3.43. The van der Waals surface area contributed by atoms with Crippen LogP contribution in [0.3, 0.4) is 0 Å². The number of nitrogens with one attached hydrogen (secondary N) is 1. The molecular weight excluding hydrogens is 220 g/mol. The molecule has 0 aromatic heterocycles. The molecule has 5 nitrogen and oxygen atoms in total. The molecule has 0 bridgehead atoms. The second-order valence-corrected chi connectivity index (χ2v) is 4.91. The quantitative estimate of drug-likeness (QED) is 0.644. The van der Waals surface area contributed by atoms with E-state index in [1.165, 1.54) is 0 Å². The molecule has 0 heterocycles. The Morgan fingerprint density at radius 1 is 1.41 bits per heavy atom. The second kappa shape index (κ2) is 6.00. The predicted octanol–water partition coefficient (Wildman–Crippen LogP) is 0.875. The van der Waals surface area contributed by atoms with Crippen LogP contribution in [0.5, 0.6) is 0 Å². The summed E-state index contributed by atoms with van der Waals surface area (Å²) in [6.45, 7) is 2.17. The number of carbonyl (C=O) groups is 2. The molecule has 98 valence electrons. The molecule has 1 aliphatic carbocycles. The summed E-state index contributed by atoms with van der Waals surface area (Å²) in [5.41, 5.74) is 4.91. The lowest BCUT2D eigenvalue weighted by Crippen LogP contribution is -2.47. The molecule has 0 aliphatic heterocycles. The van der Waals surface area contributed by atoms with E-state index in [9.17, 15) is 14.7 Å². The zero-order valence-corrected chi connectivity index (χ0v) is 10.4. The van der Waals surface area contributed by atoms with Crippen LogP contribution in [0, 0.1) is 5.41 Å². The number of hydrogen-bond acceptors (Lipinski definition) is 3.